The molecule has 0 saturated carbocycles. The van der Waals surface area contributed by atoms with Crippen molar-refractivity contribution < 1.29 is 27.5 Å². The Morgan fingerprint density at radius 2 is 1.80 bits per heavy atom. The van der Waals surface area contributed by atoms with Gasteiger partial charge in [0.1, 0.15) is 11.5 Å². The van der Waals surface area contributed by atoms with E-state index < -0.39 is 24.1 Å². The zero-order chi connectivity index (χ0) is 21.3. The molecule has 0 amide bonds. The summed E-state index contributed by atoms with van der Waals surface area (Å²) in [7, 11) is 0. The number of alkyl halides is 2. The molecule has 4 rings (SSSR count). The van der Waals surface area contributed by atoms with Crippen molar-refractivity contribution >= 4 is 5.97 Å². The fourth-order valence-corrected chi connectivity index (χ4v) is 2.71. The van der Waals surface area contributed by atoms with Crippen molar-refractivity contribution in [3.05, 3.63) is 71.5 Å². The van der Waals surface area contributed by atoms with Crippen LogP contribution >= 0.6 is 0 Å². The van der Waals surface area contributed by atoms with Gasteiger partial charge in [-0.05, 0) is 24.3 Å². The average molecular weight is 415 g/mol. The number of benzene rings is 2. The summed E-state index contributed by atoms with van der Waals surface area (Å²) in [5, 5.41) is 23.6. The van der Waals surface area contributed by atoms with Crippen LogP contribution in [0.25, 0.3) is 22.7 Å². The van der Waals surface area contributed by atoms with Gasteiger partial charge in [0.15, 0.2) is 0 Å². The predicted molar refractivity (Wildman–Crippen MR) is 96.2 cm³/mol. The molecule has 2 aromatic carbocycles. The molecule has 1 N–H and O–H groups in total. The van der Waals surface area contributed by atoms with Crippen LogP contribution in [0.4, 0.5) is 13.2 Å². The highest BCUT2D eigenvalue weighted by atomic mass is 19.3. The van der Waals surface area contributed by atoms with Gasteiger partial charge in [-0.3, -0.25) is 0 Å². The van der Waals surface area contributed by atoms with Gasteiger partial charge in [0.2, 0.25) is 5.89 Å². The maximum Gasteiger partial charge on any atom is 0.335 e. The lowest BCUT2D eigenvalue weighted by Crippen LogP contribution is -2.03. The van der Waals surface area contributed by atoms with Crippen LogP contribution in [0, 0.1) is 5.82 Å². The number of hydrogen-bond donors (Lipinski definition) is 1. The van der Waals surface area contributed by atoms with Crippen LogP contribution in [0.5, 0.6) is 0 Å². The summed E-state index contributed by atoms with van der Waals surface area (Å²) in [4.78, 5) is 10.9. The molecule has 0 radical (unpaired) electrons. The van der Waals surface area contributed by atoms with E-state index in [0.717, 1.165) is 6.07 Å². The Hall–Kier alpha value is -4.02. The summed E-state index contributed by atoms with van der Waals surface area (Å²) in [5.74, 6) is -2.67. The molecular formula is C19H12F3N5O3. The number of aromatic carboxylic acids is 1. The van der Waals surface area contributed by atoms with Crippen molar-refractivity contribution in [2.24, 2.45) is 0 Å². The summed E-state index contributed by atoms with van der Waals surface area (Å²) in [6.07, 6.45) is -1.31. The lowest BCUT2D eigenvalue weighted by Gasteiger charge is -2.04. The van der Waals surface area contributed by atoms with E-state index in [1.54, 1.807) is 18.3 Å². The van der Waals surface area contributed by atoms with E-state index in [9.17, 15) is 18.0 Å². The minimum atomic E-state index is -2.91. The van der Waals surface area contributed by atoms with Crippen LogP contribution in [0.1, 0.15) is 28.2 Å². The Morgan fingerprint density at radius 3 is 2.43 bits per heavy atom. The molecule has 2 aromatic heterocycles. The summed E-state index contributed by atoms with van der Waals surface area (Å²) < 4.78 is 45.8. The molecule has 0 unspecified atom stereocenters. The number of rotatable bonds is 6. The number of carboxylic acid groups (broad SMARTS) is 1. The van der Waals surface area contributed by atoms with Gasteiger partial charge in [0, 0.05) is 16.7 Å². The van der Waals surface area contributed by atoms with Crippen LogP contribution in [0.2, 0.25) is 0 Å². The van der Waals surface area contributed by atoms with Crippen molar-refractivity contribution in [1.29, 1.82) is 0 Å². The molecule has 0 bridgehead atoms. The summed E-state index contributed by atoms with van der Waals surface area (Å²) in [5.41, 5.74) is 1.76. The molecule has 0 fully saturated rings. The number of carbonyl (C=O) groups is 1. The lowest BCUT2D eigenvalue weighted by molar-refractivity contribution is 0.0697. The second-order valence-corrected chi connectivity index (χ2v) is 6.24. The van der Waals surface area contributed by atoms with Gasteiger partial charge >= 0.3 is 12.4 Å². The molecule has 152 valence electrons. The molecule has 8 nitrogen and oxygen atoms in total. The van der Waals surface area contributed by atoms with Crippen LogP contribution in [0.3, 0.4) is 0 Å². The van der Waals surface area contributed by atoms with Gasteiger partial charge in [-0.25, -0.2) is 13.9 Å². The highest BCUT2D eigenvalue weighted by Crippen LogP contribution is 2.25. The first kappa shape index (κ1) is 19.3. The zero-order valence-electron chi connectivity index (χ0n) is 15.0. The zero-order valence-corrected chi connectivity index (χ0v) is 15.0. The third-order valence-electron chi connectivity index (χ3n) is 4.23. The molecule has 0 atom stereocenters. The summed E-state index contributed by atoms with van der Waals surface area (Å²) >= 11 is 0. The average Bonchev–Trinajstić information content (AvgIpc) is 3.40. The Morgan fingerprint density at radius 1 is 1.07 bits per heavy atom. The van der Waals surface area contributed by atoms with Crippen molar-refractivity contribution in [3.8, 4) is 22.7 Å². The van der Waals surface area contributed by atoms with Crippen LogP contribution in [0.15, 0.2) is 53.1 Å². The number of hydrogen-bond acceptors (Lipinski definition) is 6. The predicted octanol–water partition coefficient (Wildman–Crippen LogP) is 3.82. The van der Waals surface area contributed by atoms with E-state index in [2.05, 4.69) is 20.5 Å². The largest absolute Gasteiger partial charge is 0.478 e. The fraction of sp³-hybridized carbons (Fsp3) is 0.105. The topological polar surface area (TPSA) is 107 Å². The van der Waals surface area contributed by atoms with Crippen molar-refractivity contribution in [3.63, 3.8) is 0 Å². The van der Waals surface area contributed by atoms with Gasteiger partial charge in [-0.1, -0.05) is 23.4 Å². The minimum absolute atomic E-state index is 0.0679. The van der Waals surface area contributed by atoms with Gasteiger partial charge in [-0.2, -0.15) is 8.78 Å². The first-order valence-corrected chi connectivity index (χ1v) is 8.55. The van der Waals surface area contributed by atoms with Crippen LogP contribution in [-0.4, -0.2) is 36.3 Å². The Bertz CT molecular complexity index is 1200. The third kappa shape index (κ3) is 3.90. The summed E-state index contributed by atoms with van der Waals surface area (Å²) in [6.45, 7) is 0.0679. The summed E-state index contributed by atoms with van der Waals surface area (Å²) in [6, 6.07) is 10.2. The number of halogens is 3. The second kappa shape index (κ2) is 7.78. The van der Waals surface area contributed by atoms with Crippen LogP contribution in [-0.2, 0) is 6.54 Å². The lowest BCUT2D eigenvalue weighted by atomic mass is 10.1. The molecule has 0 aliphatic rings. The molecule has 0 aliphatic carbocycles. The smallest absolute Gasteiger partial charge is 0.335 e. The quantitative estimate of drug-likeness (QED) is 0.510. The minimum Gasteiger partial charge on any atom is -0.478 e. The molecule has 2 heterocycles. The molecule has 11 heteroatoms. The maximum atomic E-state index is 14.5. The SMILES string of the molecule is O=C(O)c1ccc(-c2cn(Cc3ccc(-c4nnc(C(F)F)o4)cc3F)nn2)cc1. The Kier molecular flexibility index (Phi) is 5.00. The van der Waals surface area contributed by atoms with E-state index in [-0.39, 0.29) is 29.1 Å². The van der Waals surface area contributed by atoms with E-state index in [1.165, 1.54) is 28.9 Å². The molecule has 0 aliphatic heterocycles. The Balaban J connectivity index is 1.51. The van der Waals surface area contributed by atoms with Crippen molar-refractivity contribution in [2.45, 2.75) is 13.0 Å². The number of nitrogens with zero attached hydrogens (tertiary/aromatic N) is 5. The second-order valence-electron chi connectivity index (χ2n) is 6.24. The Labute approximate surface area is 166 Å². The fourth-order valence-electron chi connectivity index (χ4n) is 2.71. The first-order chi connectivity index (χ1) is 14.4. The molecule has 30 heavy (non-hydrogen) atoms. The number of carboxylic acids is 1. The van der Waals surface area contributed by atoms with E-state index in [0.29, 0.717) is 11.3 Å². The normalized spacial score (nSPS) is 11.2. The first-order valence-electron chi connectivity index (χ1n) is 8.55. The highest BCUT2D eigenvalue weighted by molar-refractivity contribution is 5.88. The maximum absolute atomic E-state index is 14.5. The molecule has 4 aromatic rings. The van der Waals surface area contributed by atoms with E-state index in [4.69, 9.17) is 9.52 Å². The van der Waals surface area contributed by atoms with Crippen LogP contribution < -0.4 is 0 Å². The monoisotopic (exact) mass is 415 g/mol. The molecular weight excluding hydrogens is 403 g/mol. The van der Waals surface area contributed by atoms with Crippen molar-refractivity contribution in [1.82, 2.24) is 25.2 Å². The third-order valence-corrected chi connectivity index (χ3v) is 4.23. The van der Waals surface area contributed by atoms with E-state index >= 15 is 0 Å². The number of aromatic nitrogens is 5. The van der Waals surface area contributed by atoms with Gasteiger partial charge in [0.05, 0.1) is 18.3 Å². The molecule has 0 spiro atoms. The van der Waals surface area contributed by atoms with Crippen molar-refractivity contribution in [2.75, 3.05) is 0 Å². The highest BCUT2D eigenvalue weighted by Gasteiger charge is 2.18. The molecule has 0 saturated heterocycles. The van der Waals surface area contributed by atoms with E-state index in [1.807, 2.05) is 0 Å². The van der Waals surface area contributed by atoms with Gasteiger partial charge in [-0.15, -0.1) is 15.3 Å². The van der Waals surface area contributed by atoms with Gasteiger partial charge in [0.25, 0.3) is 5.89 Å². The standard InChI is InChI=1S/C19H12F3N5O3/c20-14-7-12(17-24-25-18(30-17)16(21)22)5-6-13(14)8-27-9-15(23-26-27)10-1-3-11(4-2-10)19(28)29/h1-7,9,16H,8H2,(H,28,29). The van der Waals surface area contributed by atoms with Gasteiger partial charge < -0.3 is 9.52 Å².